The van der Waals surface area contributed by atoms with E-state index in [9.17, 15) is 13.2 Å². The molecule has 0 spiro atoms. The van der Waals surface area contributed by atoms with Gasteiger partial charge in [0.1, 0.15) is 12.2 Å². The number of nitrogens with one attached hydrogen (secondary N) is 1. The van der Waals surface area contributed by atoms with Crippen molar-refractivity contribution in [3.05, 3.63) is 24.3 Å². The van der Waals surface area contributed by atoms with Crippen LogP contribution >= 0.6 is 0 Å². The summed E-state index contributed by atoms with van der Waals surface area (Å²) in [6.45, 7) is -0.364. The maximum atomic E-state index is 12.5. The van der Waals surface area contributed by atoms with E-state index in [2.05, 4.69) is 20.4 Å². The predicted octanol–water partition coefficient (Wildman–Crippen LogP) is 0.491. The largest absolute Gasteiger partial charge is 0.409 e. The predicted molar refractivity (Wildman–Crippen MR) is 56.7 cm³/mol. The second-order valence-electron chi connectivity index (χ2n) is 3.45. The third-order valence-corrected chi connectivity index (χ3v) is 2.17. The van der Waals surface area contributed by atoms with Gasteiger partial charge in [-0.3, -0.25) is 0 Å². The normalized spacial score (nSPS) is 14.5. The van der Waals surface area contributed by atoms with Gasteiger partial charge in [0.2, 0.25) is 0 Å². The van der Waals surface area contributed by atoms with Crippen molar-refractivity contribution in [1.82, 2.24) is 15.3 Å². The minimum atomic E-state index is -4.57. The van der Waals surface area contributed by atoms with E-state index in [4.69, 9.17) is 10.9 Å². The molecule has 0 saturated carbocycles. The standard InChI is InChI=1S/C9H12F3N5O/c10-9(11,12)7(8(13)17-18)4-15-3-6-1-2-14-5-16-6/h1-2,5,7,15,18H,3-4H2,(H2,13,17). The second-order valence-corrected chi connectivity index (χ2v) is 3.45. The number of amidine groups is 1. The Morgan fingerprint density at radius 2 is 2.28 bits per heavy atom. The minimum Gasteiger partial charge on any atom is -0.409 e. The number of hydrogen-bond donors (Lipinski definition) is 3. The second kappa shape index (κ2) is 6.15. The highest BCUT2D eigenvalue weighted by Crippen LogP contribution is 2.25. The Morgan fingerprint density at radius 3 is 2.78 bits per heavy atom. The molecule has 6 nitrogen and oxygen atoms in total. The fourth-order valence-corrected chi connectivity index (χ4v) is 1.22. The van der Waals surface area contributed by atoms with Crippen LogP contribution < -0.4 is 11.1 Å². The molecule has 1 aromatic rings. The summed E-state index contributed by atoms with van der Waals surface area (Å²) in [6, 6.07) is 1.57. The Labute approximate surface area is 101 Å². The van der Waals surface area contributed by atoms with Gasteiger partial charge in [0.25, 0.3) is 0 Å². The molecule has 0 aliphatic heterocycles. The number of alkyl halides is 3. The first-order valence-corrected chi connectivity index (χ1v) is 4.95. The number of nitrogens with zero attached hydrogens (tertiary/aromatic N) is 3. The van der Waals surface area contributed by atoms with Crippen LogP contribution in [0.15, 0.2) is 23.7 Å². The summed E-state index contributed by atoms with van der Waals surface area (Å²) >= 11 is 0. The highest BCUT2D eigenvalue weighted by Gasteiger charge is 2.42. The molecule has 9 heteroatoms. The SMILES string of the molecule is N/C(=N/O)C(CNCc1ccncn1)C(F)(F)F. The minimum absolute atomic E-state index is 0.133. The molecule has 0 aliphatic rings. The molecule has 0 radical (unpaired) electrons. The van der Waals surface area contributed by atoms with Crippen molar-refractivity contribution in [1.29, 1.82) is 0 Å². The number of rotatable bonds is 5. The lowest BCUT2D eigenvalue weighted by molar-refractivity contribution is -0.155. The van der Waals surface area contributed by atoms with Crippen LogP contribution in [-0.4, -0.2) is 33.7 Å². The number of hydrogen-bond acceptors (Lipinski definition) is 5. The molecule has 1 heterocycles. The van der Waals surface area contributed by atoms with E-state index in [1.807, 2.05) is 0 Å². The molecule has 1 atom stereocenters. The average Bonchev–Trinajstić information content (AvgIpc) is 2.33. The number of aromatic nitrogens is 2. The van der Waals surface area contributed by atoms with E-state index in [0.717, 1.165) is 0 Å². The molecule has 100 valence electrons. The lowest BCUT2D eigenvalue weighted by atomic mass is 10.1. The maximum absolute atomic E-state index is 12.5. The molecule has 0 fully saturated rings. The van der Waals surface area contributed by atoms with Crippen molar-refractivity contribution in [3.63, 3.8) is 0 Å². The quantitative estimate of drug-likeness (QED) is 0.311. The lowest BCUT2D eigenvalue weighted by Crippen LogP contribution is -2.42. The number of halogens is 3. The van der Waals surface area contributed by atoms with Crippen LogP contribution in [0.2, 0.25) is 0 Å². The zero-order chi connectivity index (χ0) is 13.6. The zero-order valence-electron chi connectivity index (χ0n) is 9.22. The van der Waals surface area contributed by atoms with E-state index < -0.39 is 24.5 Å². The highest BCUT2D eigenvalue weighted by atomic mass is 19.4. The molecule has 0 amide bonds. The Balaban J connectivity index is 2.54. The molecule has 0 saturated heterocycles. The van der Waals surface area contributed by atoms with Gasteiger partial charge < -0.3 is 16.3 Å². The molecule has 1 aromatic heterocycles. The van der Waals surface area contributed by atoms with Crippen LogP contribution in [-0.2, 0) is 6.54 Å². The average molecular weight is 263 g/mol. The number of oxime groups is 1. The summed E-state index contributed by atoms with van der Waals surface area (Å²) in [4.78, 5) is 7.52. The monoisotopic (exact) mass is 263 g/mol. The van der Waals surface area contributed by atoms with Crippen molar-refractivity contribution in [2.75, 3.05) is 6.54 Å². The van der Waals surface area contributed by atoms with Crippen LogP contribution in [0.1, 0.15) is 5.69 Å². The third kappa shape index (κ3) is 4.17. The molecular formula is C9H12F3N5O. The van der Waals surface area contributed by atoms with E-state index in [0.29, 0.717) is 5.69 Å². The molecule has 0 aliphatic carbocycles. The molecule has 1 rings (SSSR count). The summed E-state index contributed by atoms with van der Waals surface area (Å²) in [5.74, 6) is -2.91. The van der Waals surface area contributed by atoms with Crippen molar-refractivity contribution in [3.8, 4) is 0 Å². The highest BCUT2D eigenvalue weighted by molar-refractivity contribution is 5.83. The van der Waals surface area contributed by atoms with Gasteiger partial charge in [-0.1, -0.05) is 5.16 Å². The lowest BCUT2D eigenvalue weighted by Gasteiger charge is -2.19. The van der Waals surface area contributed by atoms with Crippen LogP contribution in [0.3, 0.4) is 0 Å². The van der Waals surface area contributed by atoms with Gasteiger partial charge in [-0.05, 0) is 6.07 Å². The van der Waals surface area contributed by atoms with Gasteiger partial charge in [0, 0.05) is 19.3 Å². The van der Waals surface area contributed by atoms with Crippen LogP contribution in [0.4, 0.5) is 13.2 Å². The van der Waals surface area contributed by atoms with Gasteiger partial charge in [-0.15, -0.1) is 0 Å². The first-order chi connectivity index (χ1) is 8.45. The summed E-state index contributed by atoms with van der Waals surface area (Å²) in [6.07, 6.45) is -1.80. The van der Waals surface area contributed by atoms with Gasteiger partial charge in [-0.25, -0.2) is 9.97 Å². The van der Waals surface area contributed by atoms with E-state index in [1.54, 1.807) is 6.07 Å². The third-order valence-electron chi connectivity index (χ3n) is 2.17. The Kier molecular flexibility index (Phi) is 4.84. The van der Waals surface area contributed by atoms with Gasteiger partial charge in [-0.2, -0.15) is 13.2 Å². The summed E-state index contributed by atoms with van der Waals surface area (Å²) in [5.41, 5.74) is 5.54. The van der Waals surface area contributed by atoms with Crippen LogP contribution in [0.5, 0.6) is 0 Å². The van der Waals surface area contributed by atoms with Gasteiger partial charge in [0.15, 0.2) is 5.84 Å². The van der Waals surface area contributed by atoms with Gasteiger partial charge in [0.05, 0.1) is 5.69 Å². The summed E-state index contributed by atoms with van der Waals surface area (Å²) < 4.78 is 37.6. The summed E-state index contributed by atoms with van der Waals surface area (Å²) in [5, 5.41) is 13.2. The fourth-order valence-electron chi connectivity index (χ4n) is 1.22. The van der Waals surface area contributed by atoms with Crippen molar-refractivity contribution < 1.29 is 18.4 Å². The first-order valence-electron chi connectivity index (χ1n) is 4.95. The van der Waals surface area contributed by atoms with Gasteiger partial charge >= 0.3 is 6.18 Å². The van der Waals surface area contributed by atoms with Crippen molar-refractivity contribution in [2.45, 2.75) is 12.7 Å². The Hall–Kier alpha value is -1.90. The summed E-state index contributed by atoms with van der Waals surface area (Å²) in [7, 11) is 0. The molecule has 1 unspecified atom stereocenters. The van der Waals surface area contributed by atoms with Crippen molar-refractivity contribution in [2.24, 2.45) is 16.8 Å². The topological polar surface area (TPSA) is 96.4 Å². The van der Waals surface area contributed by atoms with Crippen LogP contribution in [0.25, 0.3) is 0 Å². The van der Waals surface area contributed by atoms with E-state index >= 15 is 0 Å². The molecule has 0 bridgehead atoms. The molecule has 18 heavy (non-hydrogen) atoms. The Bertz CT molecular complexity index is 395. The Morgan fingerprint density at radius 1 is 1.56 bits per heavy atom. The smallest absolute Gasteiger partial charge is 0.400 e. The van der Waals surface area contributed by atoms with Crippen LogP contribution in [0, 0.1) is 5.92 Å². The molecule has 0 aromatic carbocycles. The fraction of sp³-hybridized carbons (Fsp3) is 0.444. The van der Waals surface area contributed by atoms with Crippen molar-refractivity contribution >= 4 is 5.84 Å². The maximum Gasteiger partial charge on any atom is 0.400 e. The zero-order valence-corrected chi connectivity index (χ0v) is 9.22. The molecular weight excluding hydrogens is 251 g/mol. The van der Waals surface area contributed by atoms with E-state index in [1.165, 1.54) is 12.5 Å². The van der Waals surface area contributed by atoms with E-state index in [-0.39, 0.29) is 6.54 Å². The first kappa shape index (κ1) is 14.2. The molecule has 4 N–H and O–H groups in total. The number of nitrogens with two attached hydrogens (primary N) is 1.